The smallest absolute Gasteiger partial charge is 0.227 e. The first-order valence-electron chi connectivity index (χ1n) is 9.26. The number of hydrogen-bond acceptors (Lipinski definition) is 6. The van der Waals surface area contributed by atoms with Gasteiger partial charge in [-0.25, -0.2) is 0 Å². The molecular formula is C19H27ClN4O3. The van der Waals surface area contributed by atoms with E-state index in [0.717, 1.165) is 37.1 Å². The van der Waals surface area contributed by atoms with E-state index in [0.29, 0.717) is 37.7 Å². The van der Waals surface area contributed by atoms with Gasteiger partial charge in [-0.1, -0.05) is 5.16 Å². The fourth-order valence-electron chi connectivity index (χ4n) is 3.27. The van der Waals surface area contributed by atoms with E-state index in [-0.39, 0.29) is 24.4 Å². The molecule has 7 nitrogen and oxygen atoms in total. The van der Waals surface area contributed by atoms with Gasteiger partial charge in [0.2, 0.25) is 17.6 Å². The van der Waals surface area contributed by atoms with Crippen LogP contribution in [0.2, 0.25) is 0 Å². The topological polar surface area (TPSA) is 94.5 Å². The van der Waals surface area contributed by atoms with Crippen molar-refractivity contribution in [3.05, 3.63) is 30.2 Å². The fraction of sp³-hybridized carbons (Fsp3) is 0.526. The zero-order valence-electron chi connectivity index (χ0n) is 15.6. The Morgan fingerprint density at radius 2 is 2.11 bits per heavy atom. The summed E-state index contributed by atoms with van der Waals surface area (Å²) in [4.78, 5) is 18.8. The summed E-state index contributed by atoms with van der Waals surface area (Å²) in [5, 5.41) is 4.01. The highest BCUT2D eigenvalue weighted by atomic mass is 35.5. The molecule has 2 N–H and O–H groups in total. The van der Waals surface area contributed by atoms with Gasteiger partial charge in [0.15, 0.2) is 0 Å². The number of carbonyl (C=O) groups is 1. The number of carbonyl (C=O) groups excluding carboxylic acids is 1. The van der Waals surface area contributed by atoms with Crippen molar-refractivity contribution in [2.24, 2.45) is 5.73 Å². The number of piperidine rings is 1. The molecule has 8 heteroatoms. The first kappa shape index (κ1) is 21.2. The maximum absolute atomic E-state index is 12.5. The van der Waals surface area contributed by atoms with Crippen molar-refractivity contribution in [3.8, 4) is 17.1 Å². The molecule has 0 radical (unpaired) electrons. The molecule has 0 aliphatic carbocycles. The SMILES string of the molecule is CCOc1ccc(-c2noc(CCC(=O)N3CCCCC3CN)n2)cc1.Cl. The maximum Gasteiger partial charge on any atom is 0.227 e. The van der Waals surface area contributed by atoms with Crippen molar-refractivity contribution in [2.45, 2.75) is 45.1 Å². The zero-order valence-corrected chi connectivity index (χ0v) is 16.4. The van der Waals surface area contributed by atoms with E-state index in [2.05, 4.69) is 10.1 Å². The van der Waals surface area contributed by atoms with E-state index < -0.39 is 0 Å². The van der Waals surface area contributed by atoms with Crippen LogP contribution in [0.1, 0.15) is 38.5 Å². The summed E-state index contributed by atoms with van der Waals surface area (Å²) in [5.74, 6) is 1.92. The second kappa shape index (κ2) is 10.3. The third kappa shape index (κ3) is 5.43. The Balaban J connectivity index is 0.00000261. The van der Waals surface area contributed by atoms with E-state index in [4.69, 9.17) is 15.0 Å². The lowest BCUT2D eigenvalue weighted by molar-refractivity contribution is -0.134. The van der Waals surface area contributed by atoms with Gasteiger partial charge in [0.1, 0.15) is 5.75 Å². The number of likely N-dealkylation sites (tertiary alicyclic amines) is 1. The normalized spacial score (nSPS) is 16.7. The molecule has 0 saturated carbocycles. The molecule has 1 amide bonds. The minimum absolute atomic E-state index is 0. The van der Waals surface area contributed by atoms with E-state index in [1.807, 2.05) is 36.1 Å². The number of rotatable bonds is 7. The number of aryl methyl sites for hydroxylation is 1. The first-order chi connectivity index (χ1) is 12.7. The lowest BCUT2D eigenvalue weighted by Gasteiger charge is -2.35. The maximum atomic E-state index is 12.5. The van der Waals surface area contributed by atoms with Crippen LogP contribution in [0.15, 0.2) is 28.8 Å². The summed E-state index contributed by atoms with van der Waals surface area (Å²) in [7, 11) is 0. The Labute approximate surface area is 165 Å². The molecule has 1 aliphatic heterocycles. The highest BCUT2D eigenvalue weighted by Crippen LogP contribution is 2.21. The van der Waals surface area contributed by atoms with Crippen LogP contribution < -0.4 is 10.5 Å². The molecule has 3 rings (SSSR count). The van der Waals surface area contributed by atoms with Crippen LogP contribution in [0.5, 0.6) is 5.75 Å². The standard InChI is InChI=1S/C19H26N4O3.ClH/c1-2-25-16-8-6-14(7-9-16)19-21-17(26-22-19)10-11-18(24)23-12-4-3-5-15(23)13-20;/h6-9,15H,2-5,10-13,20H2,1H3;1H. The lowest BCUT2D eigenvalue weighted by Crippen LogP contribution is -2.47. The summed E-state index contributed by atoms with van der Waals surface area (Å²) < 4.78 is 10.7. The summed E-state index contributed by atoms with van der Waals surface area (Å²) >= 11 is 0. The largest absolute Gasteiger partial charge is 0.494 e. The van der Waals surface area contributed by atoms with Crippen LogP contribution in [0, 0.1) is 0 Å². The number of halogens is 1. The fourth-order valence-corrected chi connectivity index (χ4v) is 3.27. The highest BCUT2D eigenvalue weighted by molar-refractivity contribution is 5.85. The predicted molar refractivity (Wildman–Crippen MR) is 105 cm³/mol. The number of ether oxygens (including phenoxy) is 1. The summed E-state index contributed by atoms with van der Waals surface area (Å²) in [5.41, 5.74) is 6.65. The van der Waals surface area contributed by atoms with Crippen molar-refractivity contribution < 1.29 is 14.1 Å². The van der Waals surface area contributed by atoms with E-state index in [1.54, 1.807) is 0 Å². The van der Waals surface area contributed by atoms with Crippen LogP contribution >= 0.6 is 12.4 Å². The summed E-state index contributed by atoms with van der Waals surface area (Å²) in [6, 6.07) is 7.70. The number of benzene rings is 1. The minimum Gasteiger partial charge on any atom is -0.494 e. The van der Waals surface area contributed by atoms with Crippen molar-refractivity contribution in [2.75, 3.05) is 19.7 Å². The number of amides is 1. The molecule has 1 unspecified atom stereocenters. The number of aromatic nitrogens is 2. The lowest BCUT2D eigenvalue weighted by atomic mass is 10.0. The molecule has 1 atom stereocenters. The van der Waals surface area contributed by atoms with Gasteiger partial charge in [-0.05, 0) is 50.5 Å². The quantitative estimate of drug-likeness (QED) is 0.775. The summed E-state index contributed by atoms with van der Waals surface area (Å²) in [6.45, 7) is 3.89. The van der Waals surface area contributed by atoms with Gasteiger partial charge in [-0.3, -0.25) is 4.79 Å². The second-order valence-corrected chi connectivity index (χ2v) is 6.44. The molecule has 0 spiro atoms. The van der Waals surface area contributed by atoms with Gasteiger partial charge < -0.3 is 19.9 Å². The zero-order chi connectivity index (χ0) is 18.4. The predicted octanol–water partition coefficient (Wildman–Crippen LogP) is 2.83. The van der Waals surface area contributed by atoms with Gasteiger partial charge in [0.25, 0.3) is 0 Å². The molecular weight excluding hydrogens is 368 g/mol. The molecule has 1 aromatic carbocycles. The van der Waals surface area contributed by atoms with Gasteiger partial charge >= 0.3 is 0 Å². The molecule has 148 valence electrons. The summed E-state index contributed by atoms with van der Waals surface area (Å²) in [6.07, 6.45) is 3.98. The van der Waals surface area contributed by atoms with Gasteiger partial charge in [0, 0.05) is 37.5 Å². The number of nitrogens with two attached hydrogens (primary N) is 1. The Morgan fingerprint density at radius 1 is 1.33 bits per heavy atom. The van der Waals surface area contributed by atoms with Crippen LogP contribution in [-0.4, -0.2) is 46.7 Å². The van der Waals surface area contributed by atoms with Crippen LogP contribution in [0.4, 0.5) is 0 Å². The van der Waals surface area contributed by atoms with E-state index >= 15 is 0 Å². The van der Waals surface area contributed by atoms with Gasteiger partial charge in [-0.15, -0.1) is 12.4 Å². The molecule has 1 saturated heterocycles. The molecule has 1 aliphatic rings. The molecule has 2 heterocycles. The molecule has 1 fully saturated rings. The van der Waals surface area contributed by atoms with Crippen molar-refractivity contribution in [1.82, 2.24) is 15.0 Å². The number of nitrogens with zero attached hydrogens (tertiary/aromatic N) is 3. The van der Waals surface area contributed by atoms with Crippen LogP contribution in [-0.2, 0) is 11.2 Å². The average Bonchev–Trinajstić information content (AvgIpc) is 3.16. The first-order valence-corrected chi connectivity index (χ1v) is 9.26. The Kier molecular flexibility index (Phi) is 8.06. The van der Waals surface area contributed by atoms with Gasteiger partial charge in [-0.2, -0.15) is 4.98 Å². The van der Waals surface area contributed by atoms with Crippen molar-refractivity contribution in [3.63, 3.8) is 0 Å². The Hall–Kier alpha value is -2.12. The van der Waals surface area contributed by atoms with E-state index in [1.165, 1.54) is 0 Å². The number of hydrogen-bond donors (Lipinski definition) is 1. The molecule has 27 heavy (non-hydrogen) atoms. The average molecular weight is 395 g/mol. The molecule has 0 bridgehead atoms. The van der Waals surface area contributed by atoms with Crippen molar-refractivity contribution in [1.29, 1.82) is 0 Å². The molecule has 1 aromatic heterocycles. The Bertz CT molecular complexity index is 720. The second-order valence-electron chi connectivity index (χ2n) is 6.44. The minimum atomic E-state index is 0. The van der Waals surface area contributed by atoms with Crippen molar-refractivity contribution >= 4 is 18.3 Å². The van der Waals surface area contributed by atoms with Crippen LogP contribution in [0.3, 0.4) is 0 Å². The van der Waals surface area contributed by atoms with Crippen LogP contribution in [0.25, 0.3) is 11.4 Å². The monoisotopic (exact) mass is 394 g/mol. The highest BCUT2D eigenvalue weighted by Gasteiger charge is 2.25. The van der Waals surface area contributed by atoms with E-state index in [9.17, 15) is 4.79 Å². The molecule has 2 aromatic rings. The third-order valence-electron chi connectivity index (χ3n) is 4.66. The van der Waals surface area contributed by atoms with Gasteiger partial charge in [0.05, 0.1) is 6.61 Å². The Morgan fingerprint density at radius 3 is 2.81 bits per heavy atom. The third-order valence-corrected chi connectivity index (χ3v) is 4.66.